The fourth-order valence-corrected chi connectivity index (χ4v) is 1.76. The van der Waals surface area contributed by atoms with E-state index in [0.717, 1.165) is 19.6 Å². The number of rotatable bonds is 6. The van der Waals surface area contributed by atoms with Crippen LogP contribution in [-0.2, 0) is 4.74 Å². The summed E-state index contributed by atoms with van der Waals surface area (Å²) in [5, 5.41) is 3.47. The molecule has 0 saturated heterocycles. The second-order valence-electron chi connectivity index (χ2n) is 3.57. The van der Waals surface area contributed by atoms with Crippen molar-refractivity contribution in [2.24, 2.45) is 0 Å². The molecule has 1 rings (SSSR count). The summed E-state index contributed by atoms with van der Waals surface area (Å²) in [7, 11) is 1.74. The van der Waals surface area contributed by atoms with Crippen molar-refractivity contribution in [2.45, 2.75) is 19.4 Å². The summed E-state index contributed by atoms with van der Waals surface area (Å²) >= 11 is 2.32. The fourth-order valence-electron chi connectivity index (χ4n) is 1.40. The zero-order valence-electron chi connectivity index (χ0n) is 9.29. The zero-order valence-corrected chi connectivity index (χ0v) is 11.5. The maximum atomic E-state index is 5.00. The number of halogens is 1. The van der Waals surface area contributed by atoms with Crippen molar-refractivity contribution in [3.8, 4) is 0 Å². The molecule has 0 fully saturated rings. The van der Waals surface area contributed by atoms with E-state index in [1.54, 1.807) is 7.11 Å². The van der Waals surface area contributed by atoms with Gasteiger partial charge in [0, 0.05) is 23.3 Å². The molecule has 0 aliphatic carbocycles. The predicted molar refractivity (Wildman–Crippen MR) is 72.1 cm³/mol. The lowest BCUT2D eigenvalue weighted by Crippen LogP contribution is -2.20. The summed E-state index contributed by atoms with van der Waals surface area (Å²) < 4.78 is 6.28. The van der Waals surface area contributed by atoms with Crippen molar-refractivity contribution in [3.05, 3.63) is 33.4 Å². The highest BCUT2D eigenvalue weighted by Gasteiger charge is 2.03. The molecule has 0 aromatic heterocycles. The molecular weight excluding hydrogens is 301 g/mol. The van der Waals surface area contributed by atoms with E-state index in [-0.39, 0.29) is 0 Å². The average molecular weight is 319 g/mol. The molecule has 0 spiro atoms. The van der Waals surface area contributed by atoms with E-state index in [1.807, 2.05) is 0 Å². The highest BCUT2D eigenvalue weighted by molar-refractivity contribution is 14.1. The Balaban J connectivity index is 2.33. The predicted octanol–water partition coefficient (Wildman–Crippen LogP) is 2.98. The van der Waals surface area contributed by atoms with Crippen LogP contribution in [-0.4, -0.2) is 20.3 Å². The minimum Gasteiger partial charge on any atom is -0.385 e. The van der Waals surface area contributed by atoms with Crippen LogP contribution < -0.4 is 5.32 Å². The molecule has 2 nitrogen and oxygen atoms in total. The van der Waals surface area contributed by atoms with Crippen LogP contribution >= 0.6 is 22.6 Å². The third-order valence-electron chi connectivity index (χ3n) is 2.35. The third-order valence-corrected chi connectivity index (χ3v) is 3.06. The van der Waals surface area contributed by atoms with Gasteiger partial charge in [0.15, 0.2) is 0 Å². The molecule has 15 heavy (non-hydrogen) atoms. The van der Waals surface area contributed by atoms with E-state index in [4.69, 9.17) is 4.74 Å². The van der Waals surface area contributed by atoms with Crippen LogP contribution in [0.1, 0.15) is 24.9 Å². The van der Waals surface area contributed by atoms with Crippen molar-refractivity contribution < 1.29 is 4.74 Å². The zero-order chi connectivity index (χ0) is 11.1. The summed E-state index contributed by atoms with van der Waals surface area (Å²) in [6.45, 7) is 4.02. The van der Waals surface area contributed by atoms with Crippen LogP contribution in [0.5, 0.6) is 0 Å². The third kappa shape index (κ3) is 4.95. The summed E-state index contributed by atoms with van der Waals surface area (Å²) in [4.78, 5) is 0. The first-order chi connectivity index (χ1) is 7.24. The maximum Gasteiger partial charge on any atom is 0.0474 e. The summed E-state index contributed by atoms with van der Waals surface area (Å²) in [5.41, 5.74) is 1.34. The Morgan fingerprint density at radius 1 is 1.33 bits per heavy atom. The Labute approximate surface area is 106 Å². The van der Waals surface area contributed by atoms with E-state index in [2.05, 4.69) is 59.1 Å². The van der Waals surface area contributed by atoms with Gasteiger partial charge in [-0.1, -0.05) is 12.1 Å². The Morgan fingerprint density at radius 2 is 2.00 bits per heavy atom. The number of methoxy groups -OCH3 is 1. The van der Waals surface area contributed by atoms with E-state index >= 15 is 0 Å². The van der Waals surface area contributed by atoms with Gasteiger partial charge in [-0.25, -0.2) is 0 Å². The van der Waals surface area contributed by atoms with Gasteiger partial charge in [-0.05, 0) is 60.2 Å². The van der Waals surface area contributed by atoms with Gasteiger partial charge in [-0.2, -0.15) is 0 Å². The topological polar surface area (TPSA) is 21.3 Å². The summed E-state index contributed by atoms with van der Waals surface area (Å²) in [6.07, 6.45) is 1.06. The first-order valence-electron chi connectivity index (χ1n) is 5.22. The molecule has 0 heterocycles. The summed E-state index contributed by atoms with van der Waals surface area (Å²) in [5.74, 6) is 0. The molecule has 0 radical (unpaired) electrons. The minimum absolute atomic E-state index is 0.416. The molecule has 0 bridgehead atoms. The van der Waals surface area contributed by atoms with Crippen molar-refractivity contribution in [2.75, 3.05) is 20.3 Å². The van der Waals surface area contributed by atoms with Crippen molar-refractivity contribution in [1.82, 2.24) is 5.32 Å². The van der Waals surface area contributed by atoms with E-state index < -0.39 is 0 Å². The van der Waals surface area contributed by atoms with Crippen molar-refractivity contribution >= 4 is 22.6 Å². The smallest absolute Gasteiger partial charge is 0.0474 e. The first-order valence-corrected chi connectivity index (χ1v) is 6.29. The number of nitrogens with one attached hydrogen (secondary N) is 1. The Morgan fingerprint density at radius 3 is 2.60 bits per heavy atom. The van der Waals surface area contributed by atoms with Gasteiger partial charge < -0.3 is 10.1 Å². The molecule has 1 aromatic rings. The number of hydrogen-bond donors (Lipinski definition) is 1. The van der Waals surface area contributed by atoms with Crippen molar-refractivity contribution in [3.63, 3.8) is 0 Å². The number of hydrogen-bond acceptors (Lipinski definition) is 2. The SMILES string of the molecule is COCCCN[C@H](C)c1ccc(I)cc1. The van der Waals surface area contributed by atoms with E-state index in [0.29, 0.717) is 6.04 Å². The molecule has 1 aromatic carbocycles. The normalized spacial score (nSPS) is 12.7. The van der Waals surface area contributed by atoms with Crippen LogP contribution in [0.25, 0.3) is 0 Å². The summed E-state index contributed by atoms with van der Waals surface area (Å²) in [6, 6.07) is 9.05. The van der Waals surface area contributed by atoms with Gasteiger partial charge in [0.1, 0.15) is 0 Å². The molecule has 3 heteroatoms. The van der Waals surface area contributed by atoms with Crippen molar-refractivity contribution in [1.29, 1.82) is 0 Å². The fraction of sp³-hybridized carbons (Fsp3) is 0.500. The van der Waals surface area contributed by atoms with Gasteiger partial charge in [-0.3, -0.25) is 0 Å². The van der Waals surface area contributed by atoms with Gasteiger partial charge >= 0.3 is 0 Å². The Kier molecular flexibility index (Phi) is 6.20. The monoisotopic (exact) mass is 319 g/mol. The quantitative estimate of drug-likeness (QED) is 0.643. The van der Waals surface area contributed by atoms with Gasteiger partial charge in [0.25, 0.3) is 0 Å². The number of benzene rings is 1. The van der Waals surface area contributed by atoms with Crippen LogP contribution in [0.2, 0.25) is 0 Å². The lowest BCUT2D eigenvalue weighted by atomic mass is 10.1. The Hall–Kier alpha value is -0.130. The molecule has 0 saturated carbocycles. The first kappa shape index (κ1) is 12.9. The maximum absolute atomic E-state index is 5.00. The Bertz CT molecular complexity index is 273. The molecule has 84 valence electrons. The molecular formula is C12H18INO. The highest BCUT2D eigenvalue weighted by atomic mass is 127. The molecule has 0 aliphatic heterocycles. The van der Waals surface area contributed by atoms with E-state index in [1.165, 1.54) is 9.13 Å². The van der Waals surface area contributed by atoms with Crippen LogP contribution in [0, 0.1) is 3.57 Å². The second kappa shape index (κ2) is 7.19. The van der Waals surface area contributed by atoms with E-state index in [9.17, 15) is 0 Å². The largest absolute Gasteiger partial charge is 0.385 e. The minimum atomic E-state index is 0.416. The molecule has 0 unspecified atom stereocenters. The standard InChI is InChI=1S/C12H18INO/c1-10(14-8-3-9-15-2)11-4-6-12(13)7-5-11/h4-7,10,14H,3,8-9H2,1-2H3/t10-/m1/s1. The average Bonchev–Trinajstić information content (AvgIpc) is 2.25. The second-order valence-corrected chi connectivity index (χ2v) is 4.82. The van der Waals surface area contributed by atoms with Crippen LogP contribution in [0.15, 0.2) is 24.3 Å². The van der Waals surface area contributed by atoms with Gasteiger partial charge in [-0.15, -0.1) is 0 Å². The highest BCUT2D eigenvalue weighted by Crippen LogP contribution is 2.14. The molecule has 1 N–H and O–H groups in total. The van der Waals surface area contributed by atoms with Gasteiger partial charge in [0.05, 0.1) is 0 Å². The number of ether oxygens (including phenoxy) is 1. The molecule has 0 amide bonds. The van der Waals surface area contributed by atoms with Gasteiger partial charge in [0.2, 0.25) is 0 Å². The van der Waals surface area contributed by atoms with Crippen LogP contribution in [0.3, 0.4) is 0 Å². The molecule has 1 atom stereocenters. The van der Waals surface area contributed by atoms with Crippen LogP contribution in [0.4, 0.5) is 0 Å². The lowest BCUT2D eigenvalue weighted by molar-refractivity contribution is 0.193. The lowest BCUT2D eigenvalue weighted by Gasteiger charge is -2.14. The molecule has 0 aliphatic rings.